The second-order valence-corrected chi connectivity index (χ2v) is 7.44. The van der Waals surface area contributed by atoms with Gasteiger partial charge in [-0.3, -0.25) is 0 Å². The molecule has 0 saturated heterocycles. The lowest BCUT2D eigenvalue weighted by atomic mass is 9.86. The summed E-state index contributed by atoms with van der Waals surface area (Å²) in [6, 6.07) is 0. The highest BCUT2D eigenvalue weighted by Crippen LogP contribution is 2.26. The maximum Gasteiger partial charge on any atom is -0.0443 e. The zero-order chi connectivity index (χ0) is 13.4. The van der Waals surface area contributed by atoms with Crippen LogP contribution < -0.4 is 0 Å². The molecule has 0 bridgehead atoms. The molecule has 0 amide bonds. The van der Waals surface area contributed by atoms with Gasteiger partial charge in [0, 0.05) is 0 Å². The van der Waals surface area contributed by atoms with Crippen molar-refractivity contribution in [3.05, 3.63) is 0 Å². The highest BCUT2D eigenvalue weighted by molar-refractivity contribution is 4.64. The van der Waals surface area contributed by atoms with Crippen LogP contribution in [-0.4, -0.2) is 0 Å². The van der Waals surface area contributed by atoms with E-state index >= 15 is 0 Å². The Morgan fingerprint density at radius 1 is 0.389 bits per heavy atom. The summed E-state index contributed by atoms with van der Waals surface area (Å²) >= 11 is 0. The van der Waals surface area contributed by atoms with E-state index in [1.165, 1.54) is 64.2 Å². The van der Waals surface area contributed by atoms with Crippen molar-refractivity contribution in [2.45, 2.75) is 91.9 Å². The maximum atomic E-state index is 2.46. The van der Waals surface area contributed by atoms with Crippen LogP contribution in [0.5, 0.6) is 0 Å². The van der Waals surface area contributed by atoms with Gasteiger partial charge in [0.15, 0.2) is 0 Å². The Kier molecular flexibility index (Phi) is 8.02. The van der Waals surface area contributed by atoms with Gasteiger partial charge in [0.1, 0.15) is 0 Å². The fourth-order valence-corrected chi connectivity index (χ4v) is 3.34. The van der Waals surface area contributed by atoms with Gasteiger partial charge >= 0.3 is 0 Å². The molecule has 0 aromatic rings. The van der Waals surface area contributed by atoms with Crippen molar-refractivity contribution in [3.63, 3.8) is 0 Å². The molecule has 0 aromatic heterocycles. The largest absolute Gasteiger partial charge is 0.0625 e. The molecule has 0 N–H and O–H groups in total. The van der Waals surface area contributed by atoms with Crippen LogP contribution in [0.4, 0.5) is 0 Å². The molecule has 0 spiro atoms. The van der Waals surface area contributed by atoms with E-state index in [4.69, 9.17) is 0 Å². The van der Waals surface area contributed by atoms with E-state index in [9.17, 15) is 0 Å². The van der Waals surface area contributed by atoms with E-state index in [1.807, 2.05) is 0 Å². The van der Waals surface area contributed by atoms with Crippen LogP contribution in [0, 0.1) is 23.7 Å². The lowest BCUT2D eigenvalue weighted by Crippen LogP contribution is -2.06. The molecule has 2 unspecified atom stereocenters. The zero-order valence-electron chi connectivity index (χ0n) is 13.4. The Labute approximate surface area is 116 Å². The molecule has 18 heavy (non-hydrogen) atoms. The predicted molar refractivity (Wildman–Crippen MR) is 82.8 cm³/mol. The molecule has 0 nitrogen and oxygen atoms in total. The molecule has 0 radical (unpaired) electrons. The van der Waals surface area contributed by atoms with Crippen molar-refractivity contribution in [3.8, 4) is 0 Å². The van der Waals surface area contributed by atoms with Crippen LogP contribution in [0.25, 0.3) is 0 Å². The molecule has 1 saturated carbocycles. The molecule has 1 rings (SSSR count). The monoisotopic (exact) mass is 252 g/mol. The third-order valence-corrected chi connectivity index (χ3v) is 5.09. The van der Waals surface area contributed by atoms with Gasteiger partial charge < -0.3 is 0 Å². The van der Waals surface area contributed by atoms with Gasteiger partial charge in [-0.25, -0.2) is 0 Å². The number of hydrogen-bond acceptors (Lipinski definition) is 0. The third-order valence-electron chi connectivity index (χ3n) is 5.09. The summed E-state index contributed by atoms with van der Waals surface area (Å²) in [6.07, 6.45) is 14.6. The molecule has 1 fully saturated rings. The predicted octanol–water partition coefficient (Wildman–Crippen LogP) is 6.45. The van der Waals surface area contributed by atoms with E-state index in [0.29, 0.717) is 0 Å². The van der Waals surface area contributed by atoms with Crippen molar-refractivity contribution in [1.82, 2.24) is 0 Å². The molecule has 0 aliphatic heterocycles. The third kappa shape index (κ3) is 7.44. The highest BCUT2D eigenvalue weighted by atomic mass is 14.2. The van der Waals surface area contributed by atoms with Gasteiger partial charge in [0.05, 0.1) is 0 Å². The van der Waals surface area contributed by atoms with Gasteiger partial charge in [-0.1, -0.05) is 91.9 Å². The molecule has 0 heterocycles. The Balaban J connectivity index is 2.36. The SMILES string of the molecule is CC1CCC[C@H](C)CCC(C)CCC[C@@H](C)CC1. The second-order valence-electron chi connectivity index (χ2n) is 7.44. The van der Waals surface area contributed by atoms with Gasteiger partial charge in [0.2, 0.25) is 0 Å². The molecule has 1 aliphatic rings. The number of rotatable bonds is 0. The Morgan fingerprint density at radius 3 is 0.833 bits per heavy atom. The second kappa shape index (κ2) is 8.99. The summed E-state index contributed by atoms with van der Waals surface area (Å²) in [4.78, 5) is 0. The van der Waals surface area contributed by atoms with E-state index < -0.39 is 0 Å². The lowest BCUT2D eigenvalue weighted by Gasteiger charge is -2.20. The summed E-state index contributed by atoms with van der Waals surface area (Å²) in [5.74, 6) is 3.84. The highest BCUT2D eigenvalue weighted by Gasteiger charge is 2.12. The van der Waals surface area contributed by atoms with Crippen molar-refractivity contribution in [2.24, 2.45) is 23.7 Å². The Hall–Kier alpha value is 0. The van der Waals surface area contributed by atoms with Crippen molar-refractivity contribution < 1.29 is 0 Å². The topological polar surface area (TPSA) is 0 Å². The van der Waals surface area contributed by atoms with Gasteiger partial charge in [0.25, 0.3) is 0 Å². The fraction of sp³-hybridized carbons (Fsp3) is 1.00. The summed E-state index contributed by atoms with van der Waals surface area (Å²) in [6.45, 7) is 9.85. The van der Waals surface area contributed by atoms with E-state index in [-0.39, 0.29) is 0 Å². The van der Waals surface area contributed by atoms with Gasteiger partial charge in [-0.15, -0.1) is 0 Å². The first kappa shape index (κ1) is 16.1. The Bertz CT molecular complexity index is 154. The average Bonchev–Trinajstić information content (AvgIpc) is 2.33. The number of hydrogen-bond donors (Lipinski definition) is 0. The van der Waals surface area contributed by atoms with Crippen LogP contribution in [0.15, 0.2) is 0 Å². The first-order valence-corrected chi connectivity index (χ1v) is 8.58. The molecular formula is C18H36. The van der Waals surface area contributed by atoms with Crippen molar-refractivity contribution in [1.29, 1.82) is 0 Å². The van der Waals surface area contributed by atoms with Crippen LogP contribution in [0.2, 0.25) is 0 Å². The zero-order valence-corrected chi connectivity index (χ0v) is 13.4. The van der Waals surface area contributed by atoms with Crippen molar-refractivity contribution in [2.75, 3.05) is 0 Å². The normalized spacial score (nSPS) is 38.0. The molecule has 0 aromatic carbocycles. The molecule has 108 valence electrons. The summed E-state index contributed by atoms with van der Waals surface area (Å²) in [7, 11) is 0. The van der Waals surface area contributed by atoms with Crippen molar-refractivity contribution >= 4 is 0 Å². The minimum atomic E-state index is 0.960. The molecule has 1 aliphatic carbocycles. The summed E-state index contributed by atoms with van der Waals surface area (Å²) in [5.41, 5.74) is 0. The summed E-state index contributed by atoms with van der Waals surface area (Å²) < 4.78 is 0. The van der Waals surface area contributed by atoms with Crippen LogP contribution in [-0.2, 0) is 0 Å². The smallest absolute Gasteiger partial charge is 0.0443 e. The molecule has 4 atom stereocenters. The first-order chi connectivity index (χ1) is 8.58. The maximum absolute atomic E-state index is 2.46. The fourth-order valence-electron chi connectivity index (χ4n) is 3.34. The first-order valence-electron chi connectivity index (χ1n) is 8.58. The van der Waals surface area contributed by atoms with E-state index in [2.05, 4.69) is 27.7 Å². The van der Waals surface area contributed by atoms with Crippen LogP contribution in [0.3, 0.4) is 0 Å². The minimum absolute atomic E-state index is 0.960. The molecular weight excluding hydrogens is 216 g/mol. The van der Waals surface area contributed by atoms with Gasteiger partial charge in [-0.2, -0.15) is 0 Å². The quantitative estimate of drug-likeness (QED) is 0.465. The van der Waals surface area contributed by atoms with E-state index in [0.717, 1.165) is 23.7 Å². The minimum Gasteiger partial charge on any atom is -0.0625 e. The Morgan fingerprint density at radius 2 is 0.611 bits per heavy atom. The van der Waals surface area contributed by atoms with Crippen LogP contribution >= 0.6 is 0 Å². The summed E-state index contributed by atoms with van der Waals surface area (Å²) in [5, 5.41) is 0. The lowest BCUT2D eigenvalue weighted by molar-refractivity contribution is 0.328. The van der Waals surface area contributed by atoms with E-state index in [1.54, 1.807) is 0 Å². The standard InChI is InChI=1S/C18H36/c1-15-7-5-8-17(3)13-14-18(4)10-6-9-16(2)12-11-15/h15-18H,5-14H2,1-4H3/t15-,16?,17?,18+. The van der Waals surface area contributed by atoms with Crippen LogP contribution in [0.1, 0.15) is 91.9 Å². The average molecular weight is 252 g/mol. The molecule has 0 heteroatoms. The van der Waals surface area contributed by atoms with Gasteiger partial charge in [-0.05, 0) is 23.7 Å².